The molecular formula is C25H32N2O. The van der Waals surface area contributed by atoms with Gasteiger partial charge in [0.15, 0.2) is 0 Å². The van der Waals surface area contributed by atoms with Crippen LogP contribution >= 0.6 is 0 Å². The number of rotatable bonds is 3. The third-order valence-corrected chi connectivity index (χ3v) is 6.36. The smallest absolute Gasteiger partial charge is 0.142 e. The Labute approximate surface area is 169 Å². The molecule has 4 rings (SSSR count). The summed E-state index contributed by atoms with van der Waals surface area (Å²) in [6.45, 7) is 8.87. The number of aliphatic imine (C=N–C) groups is 1. The third-order valence-electron chi connectivity index (χ3n) is 6.36. The minimum atomic E-state index is 0.264. The Morgan fingerprint density at radius 2 is 1.89 bits per heavy atom. The number of nitrogens with one attached hydrogen (secondary N) is 1. The standard InChI is InChI=1S/C25H32N2O/c1-25(2,3)18-13-20-19-11-8-12-26-24(19)23(28-4)15-21(20)22(14-18)27-16-17-9-6-5-7-10-17/h5-7,9-10,15,18,26H,8,11-14,16H2,1-4H3. The number of hydrogen-bond donors (Lipinski definition) is 1. The van der Waals surface area contributed by atoms with E-state index in [1.54, 1.807) is 7.11 Å². The van der Waals surface area contributed by atoms with E-state index in [1.807, 2.05) is 0 Å². The van der Waals surface area contributed by atoms with Crippen molar-refractivity contribution in [1.29, 1.82) is 0 Å². The van der Waals surface area contributed by atoms with E-state index >= 15 is 0 Å². The molecule has 1 unspecified atom stereocenters. The maximum atomic E-state index is 5.77. The minimum absolute atomic E-state index is 0.264. The summed E-state index contributed by atoms with van der Waals surface area (Å²) in [5.41, 5.74) is 8.26. The summed E-state index contributed by atoms with van der Waals surface area (Å²) in [7, 11) is 1.78. The van der Waals surface area contributed by atoms with E-state index in [-0.39, 0.29) is 5.41 Å². The molecule has 0 fully saturated rings. The molecule has 1 aliphatic carbocycles. The van der Waals surface area contributed by atoms with Gasteiger partial charge in [0.25, 0.3) is 0 Å². The third kappa shape index (κ3) is 3.67. The monoisotopic (exact) mass is 376 g/mol. The van der Waals surface area contributed by atoms with Crippen molar-refractivity contribution in [3.8, 4) is 5.75 Å². The first kappa shape index (κ1) is 19.0. The highest BCUT2D eigenvalue weighted by Gasteiger charge is 2.35. The lowest BCUT2D eigenvalue weighted by Crippen LogP contribution is -2.32. The molecular weight excluding hydrogens is 344 g/mol. The van der Waals surface area contributed by atoms with Gasteiger partial charge in [-0.1, -0.05) is 51.1 Å². The topological polar surface area (TPSA) is 33.6 Å². The first-order chi connectivity index (χ1) is 13.5. The normalized spacial score (nSPS) is 20.3. The Morgan fingerprint density at radius 3 is 2.61 bits per heavy atom. The Kier molecular flexibility index (Phi) is 5.18. The zero-order valence-corrected chi connectivity index (χ0v) is 17.6. The van der Waals surface area contributed by atoms with Crippen LogP contribution in [0.2, 0.25) is 0 Å². The summed E-state index contributed by atoms with van der Waals surface area (Å²) in [6, 6.07) is 12.8. The molecule has 0 aromatic heterocycles. The molecule has 28 heavy (non-hydrogen) atoms. The summed E-state index contributed by atoms with van der Waals surface area (Å²) in [5.74, 6) is 1.57. The Morgan fingerprint density at radius 1 is 1.11 bits per heavy atom. The van der Waals surface area contributed by atoms with Crippen LogP contribution < -0.4 is 10.1 Å². The number of nitrogens with zero attached hydrogens (tertiary/aromatic N) is 1. The molecule has 0 radical (unpaired) electrons. The van der Waals surface area contributed by atoms with Crippen molar-refractivity contribution < 1.29 is 4.74 Å². The molecule has 0 spiro atoms. The fourth-order valence-electron chi connectivity index (χ4n) is 4.55. The predicted octanol–water partition coefficient (Wildman–Crippen LogP) is 5.65. The van der Waals surface area contributed by atoms with Crippen LogP contribution in [0.5, 0.6) is 5.75 Å². The van der Waals surface area contributed by atoms with Crippen molar-refractivity contribution in [2.45, 2.75) is 53.0 Å². The first-order valence-electron chi connectivity index (χ1n) is 10.5. The van der Waals surface area contributed by atoms with Crippen LogP contribution in [0.1, 0.15) is 55.9 Å². The van der Waals surface area contributed by atoms with Gasteiger partial charge in [0.2, 0.25) is 0 Å². The Balaban J connectivity index is 1.81. The molecule has 1 N–H and O–H groups in total. The number of ether oxygens (including phenoxy) is 1. The maximum absolute atomic E-state index is 5.77. The van der Waals surface area contributed by atoms with Crippen LogP contribution in [0.25, 0.3) is 0 Å². The molecule has 2 aromatic rings. The summed E-state index contributed by atoms with van der Waals surface area (Å²) >= 11 is 0. The molecule has 0 saturated carbocycles. The van der Waals surface area contributed by atoms with E-state index in [0.717, 1.165) is 38.1 Å². The second kappa shape index (κ2) is 7.62. The molecule has 2 aliphatic rings. The second-order valence-corrected chi connectivity index (χ2v) is 9.21. The van der Waals surface area contributed by atoms with Gasteiger partial charge in [-0.25, -0.2) is 0 Å². The van der Waals surface area contributed by atoms with E-state index < -0.39 is 0 Å². The summed E-state index contributed by atoms with van der Waals surface area (Å²) in [4.78, 5) is 5.12. The fraction of sp³-hybridized carbons (Fsp3) is 0.480. The van der Waals surface area contributed by atoms with E-state index in [0.29, 0.717) is 5.92 Å². The molecule has 148 valence electrons. The molecule has 1 heterocycles. The van der Waals surface area contributed by atoms with Gasteiger partial charge >= 0.3 is 0 Å². The van der Waals surface area contributed by atoms with Crippen LogP contribution in [0.15, 0.2) is 41.4 Å². The van der Waals surface area contributed by atoms with Crippen LogP contribution in [0.3, 0.4) is 0 Å². The Hall–Kier alpha value is -2.29. The first-order valence-corrected chi connectivity index (χ1v) is 10.5. The largest absolute Gasteiger partial charge is 0.495 e. The molecule has 1 aliphatic heterocycles. The van der Waals surface area contributed by atoms with E-state index in [4.69, 9.17) is 9.73 Å². The van der Waals surface area contributed by atoms with Gasteiger partial charge in [0, 0.05) is 17.8 Å². The van der Waals surface area contributed by atoms with Crippen LogP contribution in [-0.4, -0.2) is 19.4 Å². The van der Waals surface area contributed by atoms with Crippen molar-refractivity contribution in [2.75, 3.05) is 19.0 Å². The van der Waals surface area contributed by atoms with Gasteiger partial charge in [0.05, 0.1) is 19.3 Å². The number of methoxy groups -OCH3 is 1. The molecule has 3 nitrogen and oxygen atoms in total. The highest BCUT2D eigenvalue weighted by atomic mass is 16.5. The van der Waals surface area contributed by atoms with Crippen molar-refractivity contribution in [1.82, 2.24) is 0 Å². The van der Waals surface area contributed by atoms with Gasteiger partial charge in [0.1, 0.15) is 5.75 Å². The lowest BCUT2D eigenvalue weighted by molar-refractivity contribution is 0.242. The highest BCUT2D eigenvalue weighted by molar-refractivity contribution is 6.04. The van der Waals surface area contributed by atoms with E-state index in [9.17, 15) is 0 Å². The number of hydrogen-bond acceptors (Lipinski definition) is 3. The van der Waals surface area contributed by atoms with Gasteiger partial charge in [-0.2, -0.15) is 0 Å². The number of fused-ring (bicyclic) bond motifs is 3. The zero-order valence-electron chi connectivity index (χ0n) is 17.6. The van der Waals surface area contributed by atoms with Crippen molar-refractivity contribution in [3.05, 3.63) is 58.7 Å². The predicted molar refractivity (Wildman–Crippen MR) is 118 cm³/mol. The number of anilines is 1. The van der Waals surface area contributed by atoms with E-state index in [2.05, 4.69) is 62.5 Å². The molecule has 2 aromatic carbocycles. The summed E-state index contributed by atoms with van der Waals surface area (Å²) in [6.07, 6.45) is 4.49. The lowest BCUT2D eigenvalue weighted by Gasteiger charge is -2.38. The second-order valence-electron chi connectivity index (χ2n) is 9.21. The highest BCUT2D eigenvalue weighted by Crippen LogP contribution is 2.44. The quantitative estimate of drug-likeness (QED) is 0.751. The fourth-order valence-corrected chi connectivity index (χ4v) is 4.55. The molecule has 1 atom stereocenters. The lowest BCUT2D eigenvalue weighted by atomic mass is 9.68. The minimum Gasteiger partial charge on any atom is -0.495 e. The molecule has 0 amide bonds. The maximum Gasteiger partial charge on any atom is 0.142 e. The van der Waals surface area contributed by atoms with Crippen molar-refractivity contribution >= 4 is 11.4 Å². The van der Waals surface area contributed by atoms with Gasteiger partial charge in [-0.3, -0.25) is 4.99 Å². The molecule has 0 bridgehead atoms. The van der Waals surface area contributed by atoms with Crippen LogP contribution in [-0.2, 0) is 19.4 Å². The van der Waals surface area contributed by atoms with E-state index in [1.165, 1.54) is 40.1 Å². The molecule has 0 saturated heterocycles. The van der Waals surface area contributed by atoms with Crippen LogP contribution in [0.4, 0.5) is 5.69 Å². The van der Waals surface area contributed by atoms with Crippen molar-refractivity contribution in [3.63, 3.8) is 0 Å². The average Bonchev–Trinajstić information content (AvgIpc) is 2.71. The Bertz CT molecular complexity index is 878. The zero-order chi connectivity index (χ0) is 19.7. The SMILES string of the molecule is COc1cc2c(c3c1NCCC3)CC(C(C)(C)C)CC2=NCc1ccccc1. The summed E-state index contributed by atoms with van der Waals surface area (Å²) < 4.78 is 5.77. The number of benzene rings is 2. The van der Waals surface area contributed by atoms with Crippen LogP contribution in [0, 0.1) is 11.3 Å². The summed E-state index contributed by atoms with van der Waals surface area (Å²) in [5, 5.41) is 3.59. The van der Waals surface area contributed by atoms with Gasteiger partial charge < -0.3 is 10.1 Å². The molecule has 3 heteroatoms. The van der Waals surface area contributed by atoms with Crippen molar-refractivity contribution in [2.24, 2.45) is 16.3 Å². The average molecular weight is 377 g/mol. The van der Waals surface area contributed by atoms with Gasteiger partial charge in [-0.05, 0) is 59.8 Å². The van der Waals surface area contributed by atoms with Gasteiger partial charge in [-0.15, -0.1) is 0 Å².